The second-order valence-electron chi connectivity index (χ2n) is 5.40. The molecule has 0 fully saturated rings. The molecular weight excluding hydrogens is 320 g/mol. The van der Waals surface area contributed by atoms with Crippen LogP contribution < -0.4 is 24.8 Å². The molecule has 0 heterocycles. The van der Waals surface area contributed by atoms with E-state index in [0.717, 1.165) is 23.3 Å². The van der Waals surface area contributed by atoms with Crippen molar-refractivity contribution in [3.63, 3.8) is 0 Å². The number of hydrogen-bond acceptors (Lipinski definition) is 4. The molecule has 2 amide bonds. The highest BCUT2D eigenvalue weighted by Gasteiger charge is 2.06. The maximum atomic E-state index is 11.9. The third-order valence-corrected chi connectivity index (χ3v) is 3.76. The van der Waals surface area contributed by atoms with E-state index in [1.807, 2.05) is 42.5 Å². The van der Waals surface area contributed by atoms with Crippen molar-refractivity contribution in [1.29, 1.82) is 0 Å². The molecule has 2 rings (SSSR count). The summed E-state index contributed by atoms with van der Waals surface area (Å²) >= 11 is 0. The number of nitrogens with one attached hydrogen (secondary N) is 2. The van der Waals surface area contributed by atoms with Gasteiger partial charge in [-0.2, -0.15) is 0 Å². The van der Waals surface area contributed by atoms with Crippen molar-refractivity contribution >= 4 is 6.03 Å². The van der Waals surface area contributed by atoms with Gasteiger partial charge < -0.3 is 24.8 Å². The van der Waals surface area contributed by atoms with Crippen molar-refractivity contribution in [2.24, 2.45) is 0 Å². The highest BCUT2D eigenvalue weighted by atomic mass is 16.5. The minimum absolute atomic E-state index is 0.205. The van der Waals surface area contributed by atoms with Crippen LogP contribution in [0, 0.1) is 0 Å². The first kappa shape index (κ1) is 18.4. The molecule has 0 saturated carbocycles. The molecule has 2 N–H and O–H groups in total. The zero-order valence-corrected chi connectivity index (χ0v) is 14.8. The Bertz CT molecular complexity index is 686. The smallest absolute Gasteiger partial charge is 0.315 e. The Balaban J connectivity index is 1.75. The molecule has 0 aliphatic carbocycles. The van der Waals surface area contributed by atoms with E-state index in [4.69, 9.17) is 14.2 Å². The number of rotatable bonds is 8. The van der Waals surface area contributed by atoms with Gasteiger partial charge in [-0.05, 0) is 41.8 Å². The largest absolute Gasteiger partial charge is 0.497 e. The van der Waals surface area contributed by atoms with Gasteiger partial charge in [-0.15, -0.1) is 0 Å². The fraction of sp³-hybridized carbons (Fsp3) is 0.316. The molecule has 0 bridgehead atoms. The number of carbonyl (C=O) groups is 1. The van der Waals surface area contributed by atoms with Crippen molar-refractivity contribution in [2.45, 2.75) is 13.0 Å². The number of hydrogen-bond donors (Lipinski definition) is 2. The summed E-state index contributed by atoms with van der Waals surface area (Å²) in [6, 6.07) is 13.1. The molecule has 2 aromatic rings. The van der Waals surface area contributed by atoms with Crippen LogP contribution in [0.5, 0.6) is 17.2 Å². The maximum absolute atomic E-state index is 11.9. The van der Waals surface area contributed by atoms with E-state index in [1.165, 1.54) is 0 Å². The second kappa shape index (κ2) is 9.42. The van der Waals surface area contributed by atoms with Crippen molar-refractivity contribution in [2.75, 3.05) is 27.9 Å². The number of amides is 2. The molecule has 0 saturated heterocycles. The lowest BCUT2D eigenvalue weighted by molar-refractivity contribution is 0.240. The third-order valence-electron chi connectivity index (χ3n) is 3.76. The van der Waals surface area contributed by atoms with E-state index in [0.29, 0.717) is 24.6 Å². The van der Waals surface area contributed by atoms with E-state index >= 15 is 0 Å². The quantitative estimate of drug-likeness (QED) is 0.773. The minimum Gasteiger partial charge on any atom is -0.497 e. The standard InChI is InChI=1S/C19H24N2O4/c1-23-16-7-4-14(5-8-16)10-11-20-19(22)21-13-15-6-9-17(24-2)18(12-15)25-3/h4-9,12H,10-11,13H2,1-3H3,(H2,20,21,22). The van der Waals surface area contributed by atoms with Crippen LogP contribution >= 0.6 is 0 Å². The van der Waals surface area contributed by atoms with E-state index in [-0.39, 0.29) is 6.03 Å². The SMILES string of the molecule is COc1ccc(CCNC(=O)NCc2ccc(OC)c(OC)c2)cc1. The van der Waals surface area contributed by atoms with Gasteiger partial charge in [0.05, 0.1) is 21.3 Å². The van der Waals surface area contributed by atoms with Crippen LogP contribution in [0.4, 0.5) is 4.79 Å². The normalized spacial score (nSPS) is 10.0. The molecular formula is C19H24N2O4. The highest BCUT2D eigenvalue weighted by molar-refractivity contribution is 5.73. The van der Waals surface area contributed by atoms with Crippen molar-refractivity contribution in [3.05, 3.63) is 53.6 Å². The third kappa shape index (κ3) is 5.60. The van der Waals surface area contributed by atoms with E-state index < -0.39 is 0 Å². The molecule has 0 atom stereocenters. The molecule has 0 spiro atoms. The van der Waals surface area contributed by atoms with Crippen LogP contribution in [0.2, 0.25) is 0 Å². The van der Waals surface area contributed by atoms with Gasteiger partial charge in [0.25, 0.3) is 0 Å². The summed E-state index contributed by atoms with van der Waals surface area (Å²) in [5.41, 5.74) is 2.07. The molecule has 6 nitrogen and oxygen atoms in total. The van der Waals surface area contributed by atoms with Gasteiger partial charge in [-0.3, -0.25) is 0 Å². The number of carbonyl (C=O) groups excluding carboxylic acids is 1. The average Bonchev–Trinajstić information content (AvgIpc) is 2.66. The Labute approximate surface area is 148 Å². The van der Waals surface area contributed by atoms with Gasteiger partial charge >= 0.3 is 6.03 Å². The zero-order valence-electron chi connectivity index (χ0n) is 14.8. The summed E-state index contributed by atoms with van der Waals surface area (Å²) in [7, 11) is 4.81. The van der Waals surface area contributed by atoms with Crippen molar-refractivity contribution in [1.82, 2.24) is 10.6 Å². The first-order valence-electron chi connectivity index (χ1n) is 8.01. The van der Waals surface area contributed by atoms with Crippen LogP contribution in [0.15, 0.2) is 42.5 Å². The lowest BCUT2D eigenvalue weighted by Crippen LogP contribution is -2.36. The lowest BCUT2D eigenvalue weighted by Gasteiger charge is -2.11. The van der Waals surface area contributed by atoms with Gasteiger partial charge in [0.1, 0.15) is 5.75 Å². The van der Waals surface area contributed by atoms with Gasteiger partial charge in [0.15, 0.2) is 11.5 Å². The molecule has 0 aromatic heterocycles. The molecule has 6 heteroatoms. The molecule has 134 valence electrons. The number of ether oxygens (including phenoxy) is 3. The molecule has 2 aromatic carbocycles. The number of benzene rings is 2. The molecule has 25 heavy (non-hydrogen) atoms. The zero-order chi connectivity index (χ0) is 18.1. The molecule has 0 unspecified atom stereocenters. The molecule has 0 aliphatic heterocycles. The fourth-order valence-corrected chi connectivity index (χ4v) is 2.35. The van der Waals surface area contributed by atoms with Gasteiger partial charge in [-0.1, -0.05) is 18.2 Å². The monoisotopic (exact) mass is 344 g/mol. The first-order valence-corrected chi connectivity index (χ1v) is 8.01. The Morgan fingerprint density at radius 2 is 1.52 bits per heavy atom. The summed E-state index contributed by atoms with van der Waals surface area (Å²) in [6.45, 7) is 0.971. The Kier molecular flexibility index (Phi) is 6.95. The van der Waals surface area contributed by atoms with Gasteiger partial charge in [0.2, 0.25) is 0 Å². The Morgan fingerprint density at radius 3 is 2.16 bits per heavy atom. The highest BCUT2D eigenvalue weighted by Crippen LogP contribution is 2.27. The van der Waals surface area contributed by atoms with Crippen LogP contribution in [-0.4, -0.2) is 33.9 Å². The maximum Gasteiger partial charge on any atom is 0.315 e. The van der Waals surface area contributed by atoms with E-state index in [2.05, 4.69) is 10.6 Å². The summed E-state index contributed by atoms with van der Waals surface area (Å²) in [5, 5.41) is 5.67. The van der Waals surface area contributed by atoms with Crippen molar-refractivity contribution < 1.29 is 19.0 Å². The van der Waals surface area contributed by atoms with E-state index in [1.54, 1.807) is 21.3 Å². The van der Waals surface area contributed by atoms with Crippen LogP contribution in [-0.2, 0) is 13.0 Å². The number of urea groups is 1. The van der Waals surface area contributed by atoms with Gasteiger partial charge in [0, 0.05) is 13.1 Å². The summed E-state index contributed by atoms with van der Waals surface area (Å²) in [4.78, 5) is 11.9. The Morgan fingerprint density at radius 1 is 0.840 bits per heavy atom. The average molecular weight is 344 g/mol. The summed E-state index contributed by atoms with van der Waals surface area (Å²) in [5.74, 6) is 2.13. The second-order valence-corrected chi connectivity index (χ2v) is 5.40. The molecule has 0 radical (unpaired) electrons. The summed E-state index contributed by atoms with van der Waals surface area (Å²) in [6.07, 6.45) is 0.758. The van der Waals surface area contributed by atoms with E-state index in [9.17, 15) is 4.79 Å². The fourth-order valence-electron chi connectivity index (χ4n) is 2.35. The topological polar surface area (TPSA) is 68.8 Å². The van der Waals surface area contributed by atoms with Crippen LogP contribution in [0.3, 0.4) is 0 Å². The first-order chi connectivity index (χ1) is 12.2. The van der Waals surface area contributed by atoms with Gasteiger partial charge in [-0.25, -0.2) is 4.79 Å². The van der Waals surface area contributed by atoms with Crippen LogP contribution in [0.25, 0.3) is 0 Å². The van der Waals surface area contributed by atoms with Crippen LogP contribution in [0.1, 0.15) is 11.1 Å². The summed E-state index contributed by atoms with van der Waals surface area (Å²) < 4.78 is 15.6. The lowest BCUT2D eigenvalue weighted by atomic mass is 10.1. The molecule has 0 aliphatic rings. The minimum atomic E-state index is -0.205. The number of methoxy groups -OCH3 is 3. The van der Waals surface area contributed by atoms with Crippen molar-refractivity contribution in [3.8, 4) is 17.2 Å². The predicted octanol–water partition coefficient (Wildman–Crippen LogP) is 2.75. The predicted molar refractivity (Wildman–Crippen MR) is 96.5 cm³/mol. The Hall–Kier alpha value is -2.89.